The minimum Gasteiger partial charge on any atom is -0.469 e. The quantitative estimate of drug-likeness (QED) is 0.737. The lowest BCUT2D eigenvalue weighted by molar-refractivity contribution is 0.523. The van der Waals surface area contributed by atoms with Crippen molar-refractivity contribution in [1.29, 1.82) is 0 Å². The Kier molecular flexibility index (Phi) is 3.39. The smallest absolute Gasteiger partial charge is 0.107 e. The van der Waals surface area contributed by atoms with Gasteiger partial charge in [-0.15, -0.1) is 0 Å². The van der Waals surface area contributed by atoms with Gasteiger partial charge in [-0.2, -0.15) is 0 Å². The average Bonchev–Trinajstić information content (AvgIpc) is 2.83. The predicted molar refractivity (Wildman–Crippen MR) is 68.0 cm³/mol. The highest BCUT2D eigenvalue weighted by atomic mass is 16.3. The summed E-state index contributed by atoms with van der Waals surface area (Å²) in [6, 6.07) is 12.1. The molecular weight excluding hydrogens is 196 g/mol. The fourth-order valence-electron chi connectivity index (χ4n) is 1.58. The van der Waals surface area contributed by atoms with Crippen LogP contribution in [-0.4, -0.2) is 0 Å². The van der Waals surface area contributed by atoms with Crippen LogP contribution in [0.25, 0.3) is 12.2 Å². The summed E-state index contributed by atoms with van der Waals surface area (Å²) < 4.78 is 5.26. The Labute approximate surface area is 95.7 Å². The highest BCUT2D eigenvalue weighted by Gasteiger charge is 1.94. The average molecular weight is 210 g/mol. The zero-order valence-corrected chi connectivity index (χ0v) is 9.10. The standard InChI is InChI=1S/C15H14O/c1-2-13-7-3-4-8-14(13)9-5-10-15-11-6-12-16-15/h2-9,11-12H,1,10H2/b9-5+. The third kappa shape index (κ3) is 2.51. The van der Waals surface area contributed by atoms with Crippen LogP contribution in [-0.2, 0) is 6.42 Å². The second kappa shape index (κ2) is 5.17. The lowest BCUT2D eigenvalue weighted by Crippen LogP contribution is -1.79. The molecule has 1 heteroatoms. The van der Waals surface area contributed by atoms with Gasteiger partial charge in [0.25, 0.3) is 0 Å². The highest BCUT2D eigenvalue weighted by molar-refractivity contribution is 5.64. The molecule has 0 spiro atoms. The first-order chi connectivity index (χ1) is 7.90. The molecule has 0 N–H and O–H groups in total. The molecule has 0 radical (unpaired) electrons. The van der Waals surface area contributed by atoms with Crippen molar-refractivity contribution in [3.05, 3.63) is 72.2 Å². The third-order valence-electron chi connectivity index (χ3n) is 2.41. The molecule has 0 unspecified atom stereocenters. The van der Waals surface area contributed by atoms with Crippen LogP contribution in [0.15, 0.2) is 59.7 Å². The molecule has 1 aromatic carbocycles. The first-order valence-electron chi connectivity index (χ1n) is 5.30. The number of benzene rings is 1. The Morgan fingerprint density at radius 2 is 1.88 bits per heavy atom. The van der Waals surface area contributed by atoms with Gasteiger partial charge in [0.15, 0.2) is 0 Å². The van der Waals surface area contributed by atoms with Crippen LogP contribution in [0.3, 0.4) is 0 Å². The number of hydrogen-bond acceptors (Lipinski definition) is 1. The first kappa shape index (κ1) is 10.5. The topological polar surface area (TPSA) is 13.1 Å². The van der Waals surface area contributed by atoms with E-state index in [0.29, 0.717) is 0 Å². The second-order valence-corrected chi connectivity index (χ2v) is 3.52. The molecule has 0 fully saturated rings. The van der Waals surface area contributed by atoms with Gasteiger partial charge in [0.05, 0.1) is 6.26 Å². The fraction of sp³-hybridized carbons (Fsp3) is 0.0667. The molecule has 0 saturated heterocycles. The summed E-state index contributed by atoms with van der Waals surface area (Å²) in [6.45, 7) is 3.80. The highest BCUT2D eigenvalue weighted by Crippen LogP contribution is 2.12. The molecular formula is C15H14O. The summed E-state index contributed by atoms with van der Waals surface area (Å²) in [4.78, 5) is 0. The lowest BCUT2D eigenvalue weighted by Gasteiger charge is -1.98. The summed E-state index contributed by atoms with van der Waals surface area (Å²) >= 11 is 0. The molecule has 16 heavy (non-hydrogen) atoms. The summed E-state index contributed by atoms with van der Waals surface area (Å²) in [5.74, 6) is 0.979. The summed E-state index contributed by atoms with van der Waals surface area (Å²) in [7, 11) is 0. The first-order valence-corrected chi connectivity index (χ1v) is 5.30. The Morgan fingerprint density at radius 3 is 2.56 bits per heavy atom. The minimum atomic E-state index is 0.818. The Bertz CT molecular complexity index is 478. The van der Waals surface area contributed by atoms with Crippen molar-refractivity contribution in [3.63, 3.8) is 0 Å². The normalized spacial score (nSPS) is 10.8. The van der Waals surface area contributed by atoms with Crippen LogP contribution in [0.4, 0.5) is 0 Å². The van der Waals surface area contributed by atoms with E-state index in [2.05, 4.69) is 30.9 Å². The van der Waals surface area contributed by atoms with E-state index in [1.807, 2.05) is 30.3 Å². The van der Waals surface area contributed by atoms with Crippen molar-refractivity contribution in [2.45, 2.75) is 6.42 Å². The van der Waals surface area contributed by atoms with Crippen molar-refractivity contribution in [2.24, 2.45) is 0 Å². The van der Waals surface area contributed by atoms with E-state index in [1.54, 1.807) is 6.26 Å². The van der Waals surface area contributed by atoms with Crippen LogP contribution in [0, 0.1) is 0 Å². The van der Waals surface area contributed by atoms with Gasteiger partial charge in [-0.3, -0.25) is 0 Å². The van der Waals surface area contributed by atoms with Crippen molar-refractivity contribution < 1.29 is 4.42 Å². The molecule has 80 valence electrons. The zero-order valence-electron chi connectivity index (χ0n) is 9.10. The van der Waals surface area contributed by atoms with Gasteiger partial charge in [-0.05, 0) is 23.3 Å². The van der Waals surface area contributed by atoms with Gasteiger partial charge in [0, 0.05) is 6.42 Å². The van der Waals surface area contributed by atoms with Crippen molar-refractivity contribution in [3.8, 4) is 0 Å². The number of rotatable bonds is 4. The Balaban J connectivity index is 2.08. The molecule has 0 aliphatic carbocycles. The van der Waals surface area contributed by atoms with E-state index in [9.17, 15) is 0 Å². The van der Waals surface area contributed by atoms with Gasteiger partial charge >= 0.3 is 0 Å². The van der Waals surface area contributed by atoms with E-state index >= 15 is 0 Å². The van der Waals surface area contributed by atoms with E-state index in [4.69, 9.17) is 4.42 Å². The van der Waals surface area contributed by atoms with Gasteiger partial charge < -0.3 is 4.42 Å². The molecule has 0 atom stereocenters. The van der Waals surface area contributed by atoms with Crippen molar-refractivity contribution in [2.75, 3.05) is 0 Å². The Morgan fingerprint density at radius 1 is 1.06 bits per heavy atom. The van der Waals surface area contributed by atoms with Crippen LogP contribution >= 0.6 is 0 Å². The van der Waals surface area contributed by atoms with E-state index < -0.39 is 0 Å². The fourth-order valence-corrected chi connectivity index (χ4v) is 1.58. The SMILES string of the molecule is C=Cc1ccccc1/C=C/Cc1ccco1. The van der Waals surface area contributed by atoms with Crippen LogP contribution in [0.1, 0.15) is 16.9 Å². The maximum atomic E-state index is 5.26. The Hall–Kier alpha value is -2.02. The molecule has 0 aliphatic rings. The van der Waals surface area contributed by atoms with E-state index in [-0.39, 0.29) is 0 Å². The maximum Gasteiger partial charge on any atom is 0.107 e. The van der Waals surface area contributed by atoms with Gasteiger partial charge in [-0.25, -0.2) is 0 Å². The van der Waals surface area contributed by atoms with Gasteiger partial charge in [0.2, 0.25) is 0 Å². The molecule has 0 saturated carbocycles. The maximum absolute atomic E-state index is 5.26. The number of allylic oxidation sites excluding steroid dienone is 1. The summed E-state index contributed by atoms with van der Waals surface area (Å²) in [5, 5.41) is 0. The van der Waals surface area contributed by atoms with Crippen molar-refractivity contribution >= 4 is 12.2 Å². The predicted octanol–water partition coefficient (Wildman–Crippen LogP) is 4.18. The molecule has 2 rings (SSSR count). The minimum absolute atomic E-state index is 0.818. The van der Waals surface area contributed by atoms with Crippen LogP contribution in [0.2, 0.25) is 0 Å². The van der Waals surface area contributed by atoms with Gasteiger partial charge in [0.1, 0.15) is 5.76 Å². The van der Waals surface area contributed by atoms with Crippen molar-refractivity contribution in [1.82, 2.24) is 0 Å². The molecule has 1 aromatic heterocycles. The summed E-state index contributed by atoms with van der Waals surface area (Å²) in [5.41, 5.74) is 2.34. The molecule has 1 nitrogen and oxygen atoms in total. The lowest BCUT2D eigenvalue weighted by atomic mass is 10.1. The largest absolute Gasteiger partial charge is 0.469 e. The van der Waals surface area contributed by atoms with E-state index in [1.165, 1.54) is 5.56 Å². The van der Waals surface area contributed by atoms with E-state index in [0.717, 1.165) is 17.7 Å². The monoisotopic (exact) mass is 210 g/mol. The summed E-state index contributed by atoms with van der Waals surface area (Å²) in [6.07, 6.45) is 8.58. The zero-order chi connectivity index (χ0) is 11.2. The molecule has 2 aromatic rings. The number of hydrogen-bond donors (Lipinski definition) is 0. The molecule has 0 amide bonds. The molecule has 0 bridgehead atoms. The molecule has 0 aliphatic heterocycles. The number of furan rings is 1. The second-order valence-electron chi connectivity index (χ2n) is 3.52. The third-order valence-corrected chi connectivity index (χ3v) is 2.41. The van der Waals surface area contributed by atoms with Gasteiger partial charge in [-0.1, -0.05) is 49.1 Å². The van der Waals surface area contributed by atoms with Crippen LogP contribution < -0.4 is 0 Å². The molecule has 1 heterocycles. The van der Waals surface area contributed by atoms with Crippen LogP contribution in [0.5, 0.6) is 0 Å².